The van der Waals surface area contributed by atoms with Crippen molar-refractivity contribution in [3.8, 4) is 5.75 Å². The Morgan fingerprint density at radius 1 is 1.32 bits per heavy atom. The predicted octanol–water partition coefficient (Wildman–Crippen LogP) is 2.58. The van der Waals surface area contributed by atoms with Crippen LogP contribution >= 0.6 is 0 Å². The number of carbonyl (C=O) groups excluding carboxylic acids is 1. The molecule has 19 heavy (non-hydrogen) atoms. The maximum atomic E-state index is 12.3. The van der Waals surface area contributed by atoms with Crippen LogP contribution in [0.1, 0.15) is 41.6 Å². The predicted molar refractivity (Wildman–Crippen MR) is 74.8 cm³/mol. The molecule has 1 N–H and O–H groups in total. The molecule has 1 fully saturated rings. The highest BCUT2D eigenvalue weighted by Crippen LogP contribution is 2.27. The summed E-state index contributed by atoms with van der Waals surface area (Å²) in [5.41, 5.74) is 2.06. The van der Waals surface area contributed by atoms with Crippen molar-refractivity contribution in [2.45, 2.75) is 32.1 Å². The van der Waals surface area contributed by atoms with Gasteiger partial charge < -0.3 is 10.1 Å². The van der Waals surface area contributed by atoms with Crippen LogP contribution in [0.15, 0.2) is 18.2 Å². The van der Waals surface area contributed by atoms with E-state index >= 15 is 0 Å². The number of nitrogens with one attached hydrogen (secondary N) is 1. The van der Waals surface area contributed by atoms with Crippen LogP contribution in [-0.2, 0) is 6.42 Å². The third-order valence-corrected chi connectivity index (χ3v) is 4.16. The maximum Gasteiger partial charge on any atom is 0.163 e. The molecule has 0 spiro atoms. The molecular formula is C16H21NO2. The number of ketones is 1. The van der Waals surface area contributed by atoms with Crippen molar-refractivity contribution in [2.75, 3.05) is 19.7 Å². The molecule has 1 aromatic carbocycles. The molecule has 102 valence electrons. The van der Waals surface area contributed by atoms with Crippen molar-refractivity contribution >= 4 is 5.78 Å². The van der Waals surface area contributed by atoms with Gasteiger partial charge in [0.1, 0.15) is 5.75 Å². The molecule has 2 heterocycles. The fraction of sp³-hybridized carbons (Fsp3) is 0.562. The van der Waals surface area contributed by atoms with Gasteiger partial charge in [-0.3, -0.25) is 4.79 Å². The zero-order chi connectivity index (χ0) is 13.1. The lowest BCUT2D eigenvalue weighted by Gasteiger charge is -2.22. The highest BCUT2D eigenvalue weighted by Gasteiger charge is 2.19. The summed E-state index contributed by atoms with van der Waals surface area (Å²) >= 11 is 0. The number of hydrogen-bond acceptors (Lipinski definition) is 3. The average molecular weight is 259 g/mol. The van der Waals surface area contributed by atoms with E-state index < -0.39 is 0 Å². The summed E-state index contributed by atoms with van der Waals surface area (Å²) in [5, 5.41) is 3.34. The Morgan fingerprint density at radius 3 is 3.00 bits per heavy atom. The minimum Gasteiger partial charge on any atom is -0.493 e. The van der Waals surface area contributed by atoms with E-state index in [0.717, 1.165) is 56.7 Å². The van der Waals surface area contributed by atoms with E-state index in [-0.39, 0.29) is 0 Å². The Morgan fingerprint density at radius 2 is 2.16 bits per heavy atom. The molecule has 3 nitrogen and oxygen atoms in total. The van der Waals surface area contributed by atoms with Gasteiger partial charge in [0.2, 0.25) is 0 Å². The molecule has 2 aliphatic rings. The molecule has 0 bridgehead atoms. The van der Waals surface area contributed by atoms with Gasteiger partial charge in [0.15, 0.2) is 5.78 Å². The SMILES string of the molecule is O=C(CC1CCNCC1)c1ccc2c(c1)CCCO2. The van der Waals surface area contributed by atoms with Gasteiger partial charge in [-0.2, -0.15) is 0 Å². The standard InChI is InChI=1S/C16H21NO2/c18-15(10-12-5-7-17-8-6-12)13-3-4-16-14(11-13)2-1-9-19-16/h3-4,11-12,17H,1-2,5-10H2. The third-order valence-electron chi connectivity index (χ3n) is 4.16. The van der Waals surface area contributed by atoms with Gasteiger partial charge in [-0.1, -0.05) is 0 Å². The van der Waals surface area contributed by atoms with E-state index in [1.54, 1.807) is 0 Å². The van der Waals surface area contributed by atoms with Crippen LogP contribution < -0.4 is 10.1 Å². The first kappa shape index (κ1) is 12.7. The Labute approximate surface area is 114 Å². The molecule has 3 rings (SSSR count). The topological polar surface area (TPSA) is 38.3 Å². The second-order valence-electron chi connectivity index (χ2n) is 5.60. The van der Waals surface area contributed by atoms with Gasteiger partial charge in [0.25, 0.3) is 0 Å². The highest BCUT2D eigenvalue weighted by molar-refractivity contribution is 5.96. The first-order chi connectivity index (χ1) is 9.33. The van der Waals surface area contributed by atoms with Crippen molar-refractivity contribution < 1.29 is 9.53 Å². The fourth-order valence-electron chi connectivity index (χ4n) is 3.00. The van der Waals surface area contributed by atoms with Gasteiger partial charge in [-0.15, -0.1) is 0 Å². The molecule has 0 atom stereocenters. The van der Waals surface area contributed by atoms with Gasteiger partial charge in [-0.25, -0.2) is 0 Å². The number of piperidine rings is 1. The second-order valence-corrected chi connectivity index (χ2v) is 5.60. The Bertz CT molecular complexity index is 464. The van der Waals surface area contributed by atoms with Crippen molar-refractivity contribution in [2.24, 2.45) is 5.92 Å². The Balaban J connectivity index is 1.69. The zero-order valence-corrected chi connectivity index (χ0v) is 11.3. The van der Waals surface area contributed by atoms with Crippen LogP contribution in [-0.4, -0.2) is 25.5 Å². The number of aryl methyl sites for hydroxylation is 1. The number of rotatable bonds is 3. The summed E-state index contributed by atoms with van der Waals surface area (Å²) < 4.78 is 5.59. The molecule has 3 heteroatoms. The smallest absolute Gasteiger partial charge is 0.163 e. The molecule has 2 aliphatic heterocycles. The number of ether oxygens (including phenoxy) is 1. The lowest BCUT2D eigenvalue weighted by atomic mass is 9.90. The van der Waals surface area contributed by atoms with E-state index in [1.807, 2.05) is 18.2 Å². The quantitative estimate of drug-likeness (QED) is 0.848. The summed E-state index contributed by atoms with van der Waals surface area (Å²) in [7, 11) is 0. The van der Waals surface area contributed by atoms with Gasteiger partial charge in [0, 0.05) is 12.0 Å². The molecule has 1 saturated heterocycles. The molecule has 0 amide bonds. The zero-order valence-electron chi connectivity index (χ0n) is 11.3. The number of fused-ring (bicyclic) bond motifs is 1. The van der Waals surface area contributed by atoms with E-state index in [4.69, 9.17) is 4.74 Å². The first-order valence-corrected chi connectivity index (χ1v) is 7.32. The van der Waals surface area contributed by atoms with E-state index in [9.17, 15) is 4.79 Å². The number of benzene rings is 1. The molecule has 0 aromatic heterocycles. The second kappa shape index (κ2) is 5.74. The lowest BCUT2D eigenvalue weighted by molar-refractivity contribution is 0.0952. The normalized spacial score (nSPS) is 19.6. The van der Waals surface area contributed by atoms with Crippen molar-refractivity contribution in [1.29, 1.82) is 0 Å². The largest absolute Gasteiger partial charge is 0.493 e. The van der Waals surface area contributed by atoms with Gasteiger partial charge in [-0.05, 0) is 68.5 Å². The van der Waals surface area contributed by atoms with Crippen LogP contribution in [0.25, 0.3) is 0 Å². The Hall–Kier alpha value is -1.35. The third kappa shape index (κ3) is 2.98. The van der Waals surface area contributed by atoms with Crippen molar-refractivity contribution in [3.63, 3.8) is 0 Å². The van der Waals surface area contributed by atoms with E-state index in [1.165, 1.54) is 5.56 Å². The van der Waals surface area contributed by atoms with Gasteiger partial charge in [0.05, 0.1) is 6.61 Å². The van der Waals surface area contributed by atoms with Crippen molar-refractivity contribution in [3.05, 3.63) is 29.3 Å². The number of hydrogen-bond donors (Lipinski definition) is 1. The Kier molecular flexibility index (Phi) is 3.83. The van der Waals surface area contributed by atoms with Crippen LogP contribution in [0.4, 0.5) is 0 Å². The molecule has 0 radical (unpaired) electrons. The average Bonchev–Trinajstić information content (AvgIpc) is 2.48. The minimum atomic E-state index is 0.292. The molecular weight excluding hydrogens is 238 g/mol. The van der Waals surface area contributed by atoms with E-state index in [0.29, 0.717) is 18.1 Å². The minimum absolute atomic E-state index is 0.292. The maximum absolute atomic E-state index is 12.3. The number of carbonyl (C=O) groups is 1. The lowest BCUT2D eigenvalue weighted by Crippen LogP contribution is -2.28. The summed E-state index contributed by atoms with van der Waals surface area (Å²) in [6, 6.07) is 5.93. The molecule has 0 saturated carbocycles. The monoisotopic (exact) mass is 259 g/mol. The summed E-state index contributed by atoms with van der Waals surface area (Å²) in [6.07, 6.45) is 5.03. The van der Waals surface area contributed by atoms with Crippen molar-refractivity contribution in [1.82, 2.24) is 5.32 Å². The van der Waals surface area contributed by atoms with Crippen LogP contribution in [0.5, 0.6) is 5.75 Å². The fourth-order valence-corrected chi connectivity index (χ4v) is 3.00. The van der Waals surface area contributed by atoms with Crippen LogP contribution in [0.3, 0.4) is 0 Å². The summed E-state index contributed by atoms with van der Waals surface area (Å²) in [6.45, 7) is 2.90. The molecule has 0 unspecified atom stereocenters. The molecule has 0 aliphatic carbocycles. The highest BCUT2D eigenvalue weighted by atomic mass is 16.5. The summed E-state index contributed by atoms with van der Waals surface area (Å²) in [5.74, 6) is 1.81. The number of Topliss-reactive ketones (excluding diaryl/α,β-unsaturated/α-hetero) is 1. The van der Waals surface area contributed by atoms with Gasteiger partial charge >= 0.3 is 0 Å². The molecule has 1 aromatic rings. The van der Waals surface area contributed by atoms with Crippen LogP contribution in [0, 0.1) is 5.92 Å². The first-order valence-electron chi connectivity index (χ1n) is 7.32. The van der Waals surface area contributed by atoms with E-state index in [2.05, 4.69) is 5.32 Å². The van der Waals surface area contributed by atoms with Crippen LogP contribution in [0.2, 0.25) is 0 Å². The summed E-state index contributed by atoms with van der Waals surface area (Å²) in [4.78, 5) is 12.3.